The Kier molecular flexibility index (Phi) is 4.46. The molecule has 0 aromatic carbocycles. The molecule has 4 aliphatic rings. The average Bonchev–Trinajstić information content (AvgIpc) is 3.28. The average molecular weight is 437 g/mol. The van der Waals surface area contributed by atoms with Crippen molar-refractivity contribution in [1.82, 2.24) is 0 Å². The summed E-state index contributed by atoms with van der Waals surface area (Å²) in [4.78, 5) is 38.5. The van der Waals surface area contributed by atoms with Crippen molar-refractivity contribution in [3.63, 3.8) is 0 Å². The van der Waals surface area contributed by atoms with Gasteiger partial charge in [-0.15, -0.1) is 0 Å². The SMILES string of the molecule is CC(C)C1=CC(=O)[C@@]2(C)C3=CC(=O)O[C@H](c4ccoc4)[C@]3(C)CC[C@@H]2[C@@]12C=CC(=O)OC2. The van der Waals surface area contributed by atoms with E-state index in [1.165, 1.54) is 12.2 Å². The molecule has 3 heterocycles. The molecule has 1 spiro atoms. The number of allylic oxidation sites excluding steroid dienone is 1. The van der Waals surface area contributed by atoms with Crippen LogP contribution in [0.5, 0.6) is 0 Å². The maximum atomic E-state index is 13.8. The van der Waals surface area contributed by atoms with E-state index in [1.807, 2.05) is 19.1 Å². The number of carbonyl (C=O) groups is 3. The Balaban J connectivity index is 1.71. The molecule has 1 fully saturated rings. The molecule has 2 aliphatic heterocycles. The summed E-state index contributed by atoms with van der Waals surface area (Å²) in [5.74, 6) is -0.832. The minimum atomic E-state index is -0.916. The third-order valence-electron chi connectivity index (χ3n) is 8.29. The Hall–Kier alpha value is -2.89. The second-order valence-corrected chi connectivity index (χ2v) is 10.2. The Bertz CT molecular complexity index is 1090. The monoisotopic (exact) mass is 436 g/mol. The van der Waals surface area contributed by atoms with Crippen molar-refractivity contribution in [2.24, 2.45) is 28.1 Å². The largest absolute Gasteiger partial charge is 0.472 e. The number of esters is 2. The summed E-state index contributed by atoms with van der Waals surface area (Å²) in [5, 5.41) is 0. The molecule has 168 valence electrons. The van der Waals surface area contributed by atoms with Crippen molar-refractivity contribution >= 4 is 17.7 Å². The molecule has 32 heavy (non-hydrogen) atoms. The quantitative estimate of drug-likeness (QED) is 0.635. The van der Waals surface area contributed by atoms with Crippen LogP contribution in [0.4, 0.5) is 0 Å². The lowest BCUT2D eigenvalue weighted by Crippen LogP contribution is -2.59. The van der Waals surface area contributed by atoms with Crippen LogP contribution in [0.3, 0.4) is 0 Å². The van der Waals surface area contributed by atoms with E-state index in [4.69, 9.17) is 13.9 Å². The van der Waals surface area contributed by atoms with E-state index in [-0.39, 0.29) is 30.2 Å². The maximum absolute atomic E-state index is 13.8. The highest BCUT2D eigenvalue weighted by molar-refractivity contribution is 6.01. The van der Waals surface area contributed by atoms with Gasteiger partial charge in [-0.2, -0.15) is 0 Å². The van der Waals surface area contributed by atoms with Crippen LogP contribution in [0, 0.1) is 28.1 Å². The third kappa shape index (κ3) is 2.61. The van der Waals surface area contributed by atoms with Crippen LogP contribution < -0.4 is 0 Å². The normalized spacial score (nSPS) is 38.6. The van der Waals surface area contributed by atoms with Crippen molar-refractivity contribution < 1.29 is 28.3 Å². The van der Waals surface area contributed by atoms with Crippen LogP contribution in [-0.2, 0) is 23.9 Å². The van der Waals surface area contributed by atoms with Gasteiger partial charge < -0.3 is 13.9 Å². The molecule has 0 N–H and O–H groups in total. The Morgan fingerprint density at radius 2 is 1.88 bits per heavy atom. The van der Waals surface area contributed by atoms with E-state index in [2.05, 4.69) is 20.8 Å². The van der Waals surface area contributed by atoms with Crippen LogP contribution in [0.25, 0.3) is 0 Å². The molecular formula is C26H28O6. The first kappa shape index (κ1) is 21.0. The van der Waals surface area contributed by atoms with E-state index in [0.717, 1.165) is 29.6 Å². The summed E-state index contributed by atoms with van der Waals surface area (Å²) in [5.41, 5.74) is 0.551. The van der Waals surface area contributed by atoms with E-state index in [9.17, 15) is 14.4 Å². The zero-order valence-corrected chi connectivity index (χ0v) is 18.8. The number of furan rings is 1. The predicted octanol–water partition coefficient (Wildman–Crippen LogP) is 4.49. The van der Waals surface area contributed by atoms with Gasteiger partial charge in [0.15, 0.2) is 5.78 Å². The predicted molar refractivity (Wildman–Crippen MR) is 115 cm³/mol. The molecule has 1 aromatic heterocycles. The zero-order chi connectivity index (χ0) is 22.9. The fraction of sp³-hybridized carbons (Fsp3) is 0.500. The van der Waals surface area contributed by atoms with Gasteiger partial charge in [-0.25, -0.2) is 9.59 Å². The van der Waals surface area contributed by atoms with E-state index < -0.39 is 28.3 Å². The molecule has 2 aliphatic carbocycles. The molecule has 5 atom stereocenters. The summed E-state index contributed by atoms with van der Waals surface area (Å²) in [6, 6.07) is 1.81. The van der Waals surface area contributed by atoms with E-state index >= 15 is 0 Å². The molecule has 5 rings (SSSR count). The highest BCUT2D eigenvalue weighted by atomic mass is 16.5. The highest BCUT2D eigenvalue weighted by Crippen LogP contribution is 2.67. The standard InChI is InChI=1S/C26H28O6/c1-15(2)17-11-20(27)25(4)18(26(17)9-6-21(28)31-14-26)5-8-24(3)19(25)12-22(29)32-23(24)16-7-10-30-13-16/h6-7,9-13,15,18,23H,5,8,14H2,1-4H3/t18-,23+,24+,25+,26+/m0/s1. The first-order chi connectivity index (χ1) is 15.1. The number of hydrogen-bond acceptors (Lipinski definition) is 6. The van der Waals surface area contributed by atoms with Crippen LogP contribution in [-0.4, -0.2) is 24.3 Å². The molecule has 0 bridgehead atoms. The highest BCUT2D eigenvalue weighted by Gasteiger charge is 2.65. The fourth-order valence-electron chi connectivity index (χ4n) is 6.80. The fourth-order valence-corrected chi connectivity index (χ4v) is 6.80. The molecular weight excluding hydrogens is 408 g/mol. The van der Waals surface area contributed by atoms with Gasteiger partial charge >= 0.3 is 11.9 Å². The third-order valence-corrected chi connectivity index (χ3v) is 8.29. The lowest BCUT2D eigenvalue weighted by atomic mass is 9.43. The smallest absolute Gasteiger partial charge is 0.331 e. The van der Waals surface area contributed by atoms with Crippen molar-refractivity contribution in [2.75, 3.05) is 6.61 Å². The Labute approximate surface area is 187 Å². The zero-order valence-electron chi connectivity index (χ0n) is 18.8. The number of ketones is 1. The summed E-state index contributed by atoms with van der Waals surface area (Å²) in [6.07, 6.45) is 10.8. The van der Waals surface area contributed by atoms with Crippen LogP contribution >= 0.6 is 0 Å². The molecule has 1 aromatic rings. The Morgan fingerprint density at radius 1 is 1.09 bits per heavy atom. The Morgan fingerprint density at radius 3 is 2.50 bits per heavy atom. The van der Waals surface area contributed by atoms with Gasteiger partial charge in [0.2, 0.25) is 0 Å². The van der Waals surface area contributed by atoms with Crippen molar-refractivity contribution in [3.05, 3.63) is 59.6 Å². The number of carbonyl (C=O) groups excluding carboxylic acids is 3. The summed E-state index contributed by atoms with van der Waals surface area (Å²) < 4.78 is 16.6. The first-order valence-electron chi connectivity index (χ1n) is 11.2. The van der Waals surface area contributed by atoms with Crippen LogP contribution in [0.1, 0.15) is 52.2 Å². The first-order valence-corrected chi connectivity index (χ1v) is 11.2. The lowest BCUT2D eigenvalue weighted by Gasteiger charge is -2.61. The van der Waals surface area contributed by atoms with Crippen molar-refractivity contribution in [2.45, 2.75) is 46.6 Å². The topological polar surface area (TPSA) is 82.8 Å². The number of ether oxygens (including phenoxy) is 2. The molecule has 0 unspecified atom stereocenters. The molecule has 0 radical (unpaired) electrons. The van der Waals surface area contributed by atoms with Crippen molar-refractivity contribution in [3.8, 4) is 0 Å². The van der Waals surface area contributed by atoms with Crippen molar-refractivity contribution in [1.29, 1.82) is 0 Å². The van der Waals surface area contributed by atoms with Gasteiger partial charge in [0, 0.05) is 28.5 Å². The second kappa shape index (κ2) is 6.80. The van der Waals surface area contributed by atoms with Gasteiger partial charge in [-0.3, -0.25) is 4.79 Å². The molecule has 0 saturated heterocycles. The minimum absolute atomic E-state index is 0.0000522. The molecule has 1 saturated carbocycles. The molecule has 6 heteroatoms. The molecule has 6 nitrogen and oxygen atoms in total. The summed E-state index contributed by atoms with van der Waals surface area (Å²) in [6.45, 7) is 8.36. The number of cyclic esters (lactones) is 2. The van der Waals surface area contributed by atoms with Gasteiger partial charge in [-0.1, -0.05) is 32.4 Å². The maximum Gasteiger partial charge on any atom is 0.331 e. The number of hydrogen-bond donors (Lipinski definition) is 0. The van der Waals surface area contributed by atoms with Crippen LogP contribution in [0.2, 0.25) is 0 Å². The molecule has 0 amide bonds. The van der Waals surface area contributed by atoms with Gasteiger partial charge in [0.25, 0.3) is 0 Å². The lowest BCUT2D eigenvalue weighted by molar-refractivity contribution is -0.160. The van der Waals surface area contributed by atoms with E-state index in [0.29, 0.717) is 0 Å². The number of fused-ring (bicyclic) bond motifs is 4. The van der Waals surface area contributed by atoms with Gasteiger partial charge in [0.1, 0.15) is 12.7 Å². The van der Waals surface area contributed by atoms with E-state index in [1.54, 1.807) is 18.6 Å². The van der Waals surface area contributed by atoms with Gasteiger partial charge in [0.05, 0.1) is 17.9 Å². The summed E-state index contributed by atoms with van der Waals surface area (Å²) >= 11 is 0. The van der Waals surface area contributed by atoms with Gasteiger partial charge in [-0.05, 0) is 49.3 Å². The minimum Gasteiger partial charge on any atom is -0.472 e. The number of rotatable bonds is 2. The summed E-state index contributed by atoms with van der Waals surface area (Å²) in [7, 11) is 0. The second-order valence-electron chi connectivity index (χ2n) is 10.2. The van der Waals surface area contributed by atoms with Crippen LogP contribution in [0.15, 0.2) is 58.5 Å².